The van der Waals surface area contributed by atoms with Gasteiger partial charge in [0.15, 0.2) is 6.29 Å². The molecule has 2 saturated heterocycles. The molecule has 7 fully saturated rings. The number of rotatable bonds is 11. The Hall–Kier alpha value is -3.98. The van der Waals surface area contributed by atoms with Crippen LogP contribution < -0.4 is 16.4 Å². The number of aromatic nitrogens is 4. The van der Waals surface area contributed by atoms with Crippen LogP contribution in [0, 0.1) is 97.1 Å². The highest BCUT2D eigenvalue weighted by Gasteiger charge is 2.79. The molecule has 1 amide bonds. The molecule has 0 aromatic carbocycles. The number of aliphatic hydroxyl groups excluding tert-OH is 8. The minimum absolute atomic E-state index is 0.0795. The summed E-state index contributed by atoms with van der Waals surface area (Å²) in [7, 11) is 0. The van der Waals surface area contributed by atoms with Crippen LogP contribution >= 0.6 is 0 Å². The third kappa shape index (κ3) is 7.65. The van der Waals surface area contributed by atoms with Crippen LogP contribution in [0.3, 0.4) is 0 Å². The molecule has 20 heteroatoms. The molecular weight excluding hydrogens is 1010 g/mol. The zero-order chi connectivity index (χ0) is 56.0. The molecule has 24 atom stereocenters. The first-order valence-corrected chi connectivity index (χ1v) is 29.4. The zero-order valence-electron chi connectivity index (χ0n) is 46.1. The number of allylic oxidation sites excluding steroid dienone is 2. The average Bonchev–Trinajstić information content (AvgIpc) is 4.04. The Kier molecular flexibility index (Phi) is 13.8. The van der Waals surface area contributed by atoms with Crippen molar-refractivity contribution in [2.24, 2.45) is 91.0 Å². The molecule has 10 aliphatic rings. The Balaban J connectivity index is 1.11. The summed E-state index contributed by atoms with van der Waals surface area (Å²) >= 11 is 0. The van der Waals surface area contributed by atoms with Crippen LogP contribution in [0.15, 0.2) is 30.5 Å². The van der Waals surface area contributed by atoms with Crippen LogP contribution in [0.4, 0.5) is 5.82 Å². The first-order valence-electron chi connectivity index (χ1n) is 29.4. The molecule has 79 heavy (non-hydrogen) atoms. The number of H-pyrrole nitrogens is 2. The molecule has 2 spiro atoms. The Morgan fingerprint density at radius 1 is 0.937 bits per heavy atom. The second-order valence-corrected chi connectivity index (χ2v) is 27.5. The van der Waals surface area contributed by atoms with Gasteiger partial charge in [0.2, 0.25) is 5.91 Å². The van der Waals surface area contributed by atoms with Gasteiger partial charge in [-0.3, -0.25) is 9.59 Å². The average molecular weight is 1100 g/mol. The molecule has 0 unspecified atom stereocenters. The third-order valence-corrected chi connectivity index (χ3v) is 24.4. The molecule has 5 heterocycles. The van der Waals surface area contributed by atoms with Crippen molar-refractivity contribution in [1.82, 2.24) is 25.3 Å². The monoisotopic (exact) mass is 1100 g/mol. The lowest BCUT2D eigenvalue weighted by Crippen LogP contribution is -2.75. The van der Waals surface area contributed by atoms with E-state index in [1.165, 1.54) is 6.33 Å². The van der Waals surface area contributed by atoms with Gasteiger partial charge in [-0.05, 0) is 110 Å². The summed E-state index contributed by atoms with van der Waals surface area (Å²) in [6.07, 6.45) is 2.48. The number of fused-ring (bicyclic) bond motifs is 5. The van der Waals surface area contributed by atoms with E-state index in [9.17, 15) is 50.8 Å². The van der Waals surface area contributed by atoms with E-state index >= 15 is 4.79 Å². The van der Waals surface area contributed by atoms with Gasteiger partial charge in [-0.25, -0.2) is 9.97 Å². The number of amides is 1. The van der Waals surface area contributed by atoms with Gasteiger partial charge in [0.05, 0.1) is 60.7 Å². The number of nitrogens with one attached hydrogen (secondary N) is 4. The van der Waals surface area contributed by atoms with Crippen molar-refractivity contribution >= 4 is 17.7 Å². The summed E-state index contributed by atoms with van der Waals surface area (Å²) in [4.78, 5) is 45.7. The van der Waals surface area contributed by atoms with E-state index in [0.717, 1.165) is 24.1 Å². The number of carboxylic acids is 1. The van der Waals surface area contributed by atoms with E-state index < -0.39 is 141 Å². The van der Waals surface area contributed by atoms with E-state index in [0.29, 0.717) is 88.7 Å². The molecule has 4 bridgehead atoms. The summed E-state index contributed by atoms with van der Waals surface area (Å²) in [5, 5.41) is 113. The molecule has 3 aliphatic heterocycles. The van der Waals surface area contributed by atoms with E-state index in [1.807, 2.05) is 6.92 Å². The number of carboxylic acid groups (broad SMARTS) is 1. The molecule has 7 aliphatic carbocycles. The highest BCUT2D eigenvalue weighted by Crippen LogP contribution is 2.81. The third-order valence-electron chi connectivity index (χ3n) is 24.4. The second kappa shape index (κ2) is 19.6. The fourth-order valence-electron chi connectivity index (χ4n) is 21.0. The standard InChI is InChI=1S/C59H85N7O13/c1-53(25-67)17-18-58(52(76)77)32(21-53)30-10-11-39-55(3)16-12-38-54(2,26-68)48(79-50-47(74)45(72)37(70)24-78-50)46(73)43(56(38,39)4)29(9-5-6-15-59(30,55)31-19-34-49(65-28-64-34)62-22-33(31)58)42-44(66-51(75)57(42)13-7-8-14-57)41(35-23-61-27-63-35)36(69)20-40(60)71/h10,23,27-29,31-33,36-48,50,62,67-74H,6-8,11-22,24-26,60H2,1-4H3,(H,61,63)(H,64,65)(H,66,75)(H,76,77)/t29-,31+,32+,33+,36-,37-,38-,39+,40+,41+,42+,43+,44+,45+,46-,47-,48-,50+,53+,54+,55-,56+,58-,59+/m1/s1. The van der Waals surface area contributed by atoms with Crippen molar-refractivity contribution in [3.05, 3.63) is 41.9 Å². The van der Waals surface area contributed by atoms with Crippen molar-refractivity contribution in [1.29, 1.82) is 0 Å². The molecule has 0 radical (unpaired) electrons. The van der Waals surface area contributed by atoms with Crippen molar-refractivity contribution in [3.8, 4) is 11.8 Å². The number of carbonyl (C=O) groups is 2. The number of nitrogens with zero attached hydrogens (tertiary/aromatic N) is 2. The van der Waals surface area contributed by atoms with Crippen LogP contribution in [-0.2, 0) is 25.5 Å². The highest BCUT2D eigenvalue weighted by molar-refractivity contribution is 5.86. The maximum atomic E-state index is 15.3. The molecule has 434 valence electrons. The number of aromatic amines is 2. The summed E-state index contributed by atoms with van der Waals surface area (Å²) < 4.78 is 12.8. The number of carbonyl (C=O) groups excluding carboxylic acids is 1. The highest BCUT2D eigenvalue weighted by atomic mass is 16.7. The maximum absolute atomic E-state index is 15.3. The van der Waals surface area contributed by atoms with Gasteiger partial charge in [-0.2, -0.15) is 0 Å². The van der Waals surface area contributed by atoms with Gasteiger partial charge in [-0.15, -0.1) is 5.92 Å². The fraction of sp³-hybridized carbons (Fsp3) is 0.797. The molecule has 20 nitrogen and oxygen atoms in total. The van der Waals surface area contributed by atoms with Crippen molar-refractivity contribution in [2.75, 3.05) is 31.7 Å². The normalized spacial score (nSPS) is 47.7. The quantitative estimate of drug-likeness (QED) is 0.0664. The largest absolute Gasteiger partial charge is 0.481 e. The van der Waals surface area contributed by atoms with E-state index in [1.54, 1.807) is 12.5 Å². The summed E-state index contributed by atoms with van der Waals surface area (Å²) in [5.74, 6) is 2.44. The molecule has 5 saturated carbocycles. The van der Waals surface area contributed by atoms with Gasteiger partial charge in [0.1, 0.15) is 30.4 Å². The lowest BCUT2D eigenvalue weighted by molar-refractivity contribution is -0.344. The van der Waals surface area contributed by atoms with E-state index in [-0.39, 0.29) is 43.3 Å². The Morgan fingerprint density at radius 2 is 1.71 bits per heavy atom. The van der Waals surface area contributed by atoms with Crippen LogP contribution in [0.25, 0.3) is 0 Å². The second-order valence-electron chi connectivity index (χ2n) is 27.5. The van der Waals surface area contributed by atoms with E-state index in [2.05, 4.69) is 64.3 Å². The number of hydrogen-bond donors (Lipinski definition) is 14. The Labute approximate surface area is 461 Å². The smallest absolute Gasteiger partial charge is 0.310 e. The number of hydrogen-bond acceptors (Lipinski definition) is 16. The Morgan fingerprint density at radius 3 is 2.41 bits per heavy atom. The van der Waals surface area contributed by atoms with Crippen LogP contribution in [0.1, 0.15) is 128 Å². The molecule has 15 N–H and O–H groups in total. The maximum Gasteiger partial charge on any atom is 0.310 e. The van der Waals surface area contributed by atoms with Gasteiger partial charge in [0, 0.05) is 78.4 Å². The predicted molar refractivity (Wildman–Crippen MR) is 284 cm³/mol. The number of aliphatic hydroxyl groups is 8. The minimum Gasteiger partial charge on any atom is -0.481 e. The topological polar surface area (TPSA) is 342 Å². The minimum atomic E-state index is -1.71. The number of nitrogens with two attached hydrogens (primary N) is 1. The Bertz CT molecular complexity index is 2740. The molecule has 12 rings (SSSR count). The van der Waals surface area contributed by atoms with Crippen LogP contribution in [0.2, 0.25) is 0 Å². The lowest BCUT2D eigenvalue weighted by atomic mass is 9.27. The molecular formula is C59H85N7O13. The van der Waals surface area contributed by atoms with Crippen molar-refractivity contribution < 1.29 is 65.0 Å². The van der Waals surface area contributed by atoms with Gasteiger partial charge in [-0.1, -0.05) is 58.1 Å². The first kappa shape index (κ1) is 55.5. The lowest BCUT2D eigenvalue weighted by Gasteiger charge is -2.76. The van der Waals surface area contributed by atoms with Gasteiger partial charge in [0.25, 0.3) is 0 Å². The fourth-order valence-corrected chi connectivity index (χ4v) is 21.0. The number of anilines is 1. The summed E-state index contributed by atoms with van der Waals surface area (Å²) in [6, 6.07) is -0.821. The number of imidazole rings is 2. The number of aliphatic carboxylic acids is 1. The molecule has 2 aromatic rings. The van der Waals surface area contributed by atoms with Crippen LogP contribution in [-0.4, -0.2) is 159 Å². The van der Waals surface area contributed by atoms with Gasteiger partial charge >= 0.3 is 5.97 Å². The van der Waals surface area contributed by atoms with Gasteiger partial charge < -0.3 is 81.8 Å². The van der Waals surface area contributed by atoms with Crippen molar-refractivity contribution in [3.63, 3.8) is 0 Å². The van der Waals surface area contributed by atoms with Crippen LogP contribution in [0.5, 0.6) is 0 Å². The summed E-state index contributed by atoms with van der Waals surface area (Å²) in [6.45, 7) is 8.17. The number of ether oxygens (including phenoxy) is 2. The van der Waals surface area contributed by atoms with Crippen molar-refractivity contribution in [2.45, 2.75) is 179 Å². The predicted octanol–water partition coefficient (Wildman–Crippen LogP) is 2.29. The molecule has 2 aromatic heterocycles. The summed E-state index contributed by atoms with van der Waals surface area (Å²) in [5.41, 5.74) is 2.37. The SMILES string of the molecule is C[C@]1(CO)CC[C@@]2(C(=O)O)[C@@H](C1)C1=CC[C@@H]3[C@@]4(C)[C@@H]5[C@@H](O)[C@@H](O[C@@H]6OC[C@@H](O)[C@H](O)[C@H]6O)[C@@](C)(CO)[C@H]4CC[C@@]3(C)[C@]1(CCC#C[C@@H]5[C@H]1[C@H]([C@@H](c3cnc[nH]3)[C@H](O)C[C@@H](N)O)NC(=O)C13CCCC3)[C@H]1Cc3[nH]cnc3NC[C@@H]12. The first-order chi connectivity index (χ1) is 37.6. The van der Waals surface area contributed by atoms with E-state index in [4.69, 9.17) is 20.2 Å². The zero-order valence-corrected chi connectivity index (χ0v) is 46.1.